The Morgan fingerprint density at radius 2 is 1.82 bits per heavy atom. The highest BCUT2D eigenvalue weighted by atomic mass is 19.4. The summed E-state index contributed by atoms with van der Waals surface area (Å²) in [5.41, 5.74) is 0.293. The summed E-state index contributed by atoms with van der Waals surface area (Å²) in [4.78, 5) is 24.5. The van der Waals surface area contributed by atoms with Gasteiger partial charge in [-0.15, -0.1) is 0 Å². The standard InChI is InChI=1S/C24H23F3N2O5/c1-4-32-21-12-16(9-10-20(21)34-14-22(30)33-5-2)11-19-15(3)28-29(23(19)31)18-8-6-7-17(13-18)24(25,26)27/h6-13H,4-5,14H2,1-3H3/b19-11+. The molecule has 0 unspecified atom stereocenters. The van der Waals surface area contributed by atoms with E-state index in [1.54, 1.807) is 45.0 Å². The summed E-state index contributed by atoms with van der Waals surface area (Å²) in [5.74, 6) is -0.395. The molecule has 180 valence electrons. The van der Waals surface area contributed by atoms with Crippen LogP contribution in [0.15, 0.2) is 53.1 Å². The van der Waals surface area contributed by atoms with Gasteiger partial charge in [-0.1, -0.05) is 12.1 Å². The molecule has 1 aliphatic heterocycles. The van der Waals surface area contributed by atoms with Gasteiger partial charge in [0.15, 0.2) is 18.1 Å². The second-order valence-corrected chi connectivity index (χ2v) is 7.14. The molecule has 0 saturated heterocycles. The molecule has 7 nitrogen and oxygen atoms in total. The number of nitrogens with zero attached hydrogens (tertiary/aromatic N) is 2. The Bertz CT molecular complexity index is 1140. The number of amides is 1. The molecule has 2 aromatic carbocycles. The summed E-state index contributed by atoms with van der Waals surface area (Å²) >= 11 is 0. The minimum absolute atomic E-state index is 0.0142. The topological polar surface area (TPSA) is 77.4 Å². The number of hydrogen-bond donors (Lipinski definition) is 0. The van der Waals surface area contributed by atoms with Crippen LogP contribution in [0, 0.1) is 0 Å². The molecule has 2 aromatic rings. The number of benzene rings is 2. The lowest BCUT2D eigenvalue weighted by Gasteiger charge is -2.14. The monoisotopic (exact) mass is 476 g/mol. The van der Waals surface area contributed by atoms with Crippen molar-refractivity contribution < 1.29 is 37.0 Å². The van der Waals surface area contributed by atoms with E-state index in [0.29, 0.717) is 29.4 Å². The number of anilines is 1. The molecule has 0 aliphatic carbocycles. The highest BCUT2D eigenvalue weighted by molar-refractivity contribution is 6.32. The van der Waals surface area contributed by atoms with Crippen LogP contribution in [0.4, 0.5) is 18.9 Å². The van der Waals surface area contributed by atoms with Crippen molar-refractivity contribution in [2.75, 3.05) is 24.8 Å². The van der Waals surface area contributed by atoms with Crippen molar-refractivity contribution in [3.63, 3.8) is 0 Å². The van der Waals surface area contributed by atoms with Gasteiger partial charge in [0.05, 0.1) is 35.7 Å². The normalized spacial score (nSPS) is 14.9. The largest absolute Gasteiger partial charge is 0.490 e. The van der Waals surface area contributed by atoms with E-state index in [4.69, 9.17) is 14.2 Å². The molecule has 0 spiro atoms. The predicted molar refractivity (Wildman–Crippen MR) is 120 cm³/mol. The van der Waals surface area contributed by atoms with Crippen LogP contribution in [-0.4, -0.2) is 37.4 Å². The van der Waals surface area contributed by atoms with Crippen molar-refractivity contribution in [1.82, 2.24) is 0 Å². The van der Waals surface area contributed by atoms with Gasteiger partial charge in [-0.05, 0) is 62.7 Å². The first-order chi connectivity index (χ1) is 16.1. The number of rotatable bonds is 8. The Morgan fingerprint density at radius 1 is 1.06 bits per heavy atom. The summed E-state index contributed by atoms with van der Waals surface area (Å²) < 4.78 is 55.1. The lowest BCUT2D eigenvalue weighted by molar-refractivity contribution is -0.145. The smallest absolute Gasteiger partial charge is 0.416 e. The second-order valence-electron chi connectivity index (χ2n) is 7.14. The molecule has 1 heterocycles. The van der Waals surface area contributed by atoms with E-state index in [-0.39, 0.29) is 24.5 Å². The van der Waals surface area contributed by atoms with Crippen molar-refractivity contribution in [3.05, 3.63) is 59.2 Å². The van der Waals surface area contributed by atoms with Gasteiger partial charge in [-0.3, -0.25) is 4.79 Å². The zero-order valence-corrected chi connectivity index (χ0v) is 18.8. The van der Waals surface area contributed by atoms with E-state index >= 15 is 0 Å². The molecule has 0 saturated carbocycles. The van der Waals surface area contributed by atoms with Gasteiger partial charge in [-0.2, -0.15) is 23.3 Å². The number of halogens is 3. The molecular formula is C24H23F3N2O5. The van der Waals surface area contributed by atoms with Gasteiger partial charge < -0.3 is 14.2 Å². The van der Waals surface area contributed by atoms with Crippen molar-refractivity contribution >= 4 is 29.4 Å². The summed E-state index contributed by atoms with van der Waals surface area (Å²) in [6, 6.07) is 9.29. The fourth-order valence-corrected chi connectivity index (χ4v) is 3.18. The van der Waals surface area contributed by atoms with Crippen LogP contribution in [0.2, 0.25) is 0 Å². The van der Waals surface area contributed by atoms with Gasteiger partial charge in [0, 0.05) is 0 Å². The molecular weight excluding hydrogens is 453 g/mol. The fourth-order valence-electron chi connectivity index (χ4n) is 3.18. The second kappa shape index (κ2) is 10.4. The lowest BCUT2D eigenvalue weighted by Crippen LogP contribution is -2.21. The average molecular weight is 476 g/mol. The highest BCUT2D eigenvalue weighted by Crippen LogP contribution is 2.34. The van der Waals surface area contributed by atoms with Crippen LogP contribution in [-0.2, 0) is 20.5 Å². The molecule has 10 heteroatoms. The van der Waals surface area contributed by atoms with Crippen molar-refractivity contribution in [2.24, 2.45) is 5.10 Å². The number of ether oxygens (including phenoxy) is 3. The Labute approximate surface area is 194 Å². The predicted octanol–water partition coefficient (Wildman–Crippen LogP) is 4.85. The first kappa shape index (κ1) is 24.8. The quantitative estimate of drug-likeness (QED) is 0.402. The number of hydrogen-bond acceptors (Lipinski definition) is 6. The van der Waals surface area contributed by atoms with E-state index in [1.807, 2.05) is 0 Å². The molecule has 0 N–H and O–H groups in total. The van der Waals surface area contributed by atoms with E-state index in [9.17, 15) is 22.8 Å². The first-order valence-corrected chi connectivity index (χ1v) is 10.5. The summed E-state index contributed by atoms with van der Waals surface area (Å²) in [6.45, 7) is 5.35. The maximum Gasteiger partial charge on any atom is 0.416 e. The Kier molecular flexibility index (Phi) is 7.60. The molecule has 1 aliphatic rings. The molecule has 3 rings (SSSR count). The maximum atomic E-state index is 13.1. The van der Waals surface area contributed by atoms with Crippen LogP contribution in [0.3, 0.4) is 0 Å². The minimum atomic E-state index is -4.54. The summed E-state index contributed by atoms with van der Waals surface area (Å²) in [6.07, 6.45) is -2.98. The molecule has 0 radical (unpaired) electrons. The summed E-state index contributed by atoms with van der Waals surface area (Å²) in [5, 5.41) is 5.08. The van der Waals surface area contributed by atoms with Crippen molar-refractivity contribution in [1.29, 1.82) is 0 Å². The van der Waals surface area contributed by atoms with E-state index in [1.165, 1.54) is 12.1 Å². The highest BCUT2D eigenvalue weighted by Gasteiger charge is 2.33. The Hall–Kier alpha value is -3.82. The van der Waals surface area contributed by atoms with E-state index < -0.39 is 23.6 Å². The van der Waals surface area contributed by atoms with Crippen LogP contribution < -0.4 is 14.5 Å². The van der Waals surface area contributed by atoms with Gasteiger partial charge in [0.25, 0.3) is 5.91 Å². The van der Waals surface area contributed by atoms with Crippen LogP contribution in [0.5, 0.6) is 11.5 Å². The molecule has 0 fully saturated rings. The molecule has 1 amide bonds. The lowest BCUT2D eigenvalue weighted by atomic mass is 10.1. The number of alkyl halides is 3. The van der Waals surface area contributed by atoms with Gasteiger partial charge in [-0.25, -0.2) is 4.79 Å². The Morgan fingerprint density at radius 3 is 2.50 bits per heavy atom. The molecule has 0 aromatic heterocycles. The number of hydrazone groups is 1. The zero-order chi connectivity index (χ0) is 24.9. The van der Waals surface area contributed by atoms with Crippen LogP contribution in [0.25, 0.3) is 6.08 Å². The maximum absolute atomic E-state index is 13.1. The van der Waals surface area contributed by atoms with Gasteiger partial charge in [0.1, 0.15) is 0 Å². The van der Waals surface area contributed by atoms with E-state index in [2.05, 4.69) is 5.10 Å². The first-order valence-electron chi connectivity index (χ1n) is 10.5. The number of carbonyl (C=O) groups excluding carboxylic acids is 2. The Balaban J connectivity index is 1.85. The molecule has 34 heavy (non-hydrogen) atoms. The van der Waals surface area contributed by atoms with E-state index in [0.717, 1.165) is 17.1 Å². The third kappa shape index (κ3) is 5.75. The third-order valence-electron chi connectivity index (χ3n) is 4.71. The van der Waals surface area contributed by atoms with Crippen LogP contribution >= 0.6 is 0 Å². The summed E-state index contributed by atoms with van der Waals surface area (Å²) in [7, 11) is 0. The SMILES string of the molecule is CCOC(=O)COc1ccc(/C=C2/C(=O)N(c3cccc(C(F)(F)F)c3)N=C2C)cc1OCC. The van der Waals surface area contributed by atoms with Crippen molar-refractivity contribution in [2.45, 2.75) is 26.9 Å². The van der Waals surface area contributed by atoms with Gasteiger partial charge >= 0.3 is 12.1 Å². The number of carbonyl (C=O) groups is 2. The molecule has 0 atom stereocenters. The van der Waals surface area contributed by atoms with Gasteiger partial charge in [0.2, 0.25) is 0 Å². The van der Waals surface area contributed by atoms with Crippen LogP contribution in [0.1, 0.15) is 31.9 Å². The molecule has 0 bridgehead atoms. The van der Waals surface area contributed by atoms with Crippen molar-refractivity contribution in [3.8, 4) is 11.5 Å². The third-order valence-corrected chi connectivity index (χ3v) is 4.71. The minimum Gasteiger partial charge on any atom is -0.490 e. The fraction of sp³-hybridized carbons (Fsp3) is 0.292. The average Bonchev–Trinajstić information content (AvgIpc) is 3.07. The zero-order valence-electron chi connectivity index (χ0n) is 18.8. The number of esters is 1.